The monoisotopic (exact) mass is 594 g/mol. The molecule has 0 radical (unpaired) electrons. The largest absolute Gasteiger partial charge is 0.493 e. The van der Waals surface area contributed by atoms with E-state index in [0.29, 0.717) is 5.56 Å². The van der Waals surface area contributed by atoms with Crippen LogP contribution < -0.4 is 14.2 Å². The Morgan fingerprint density at radius 2 is 1.29 bits per heavy atom. The normalized spacial score (nSPS) is 33.4. The number of ether oxygens (including phenoxy) is 5. The Morgan fingerprint density at radius 3 is 1.81 bits per heavy atom. The van der Waals surface area contributed by atoms with Gasteiger partial charge in [0.1, 0.15) is 54.6 Å². The van der Waals surface area contributed by atoms with Gasteiger partial charge in [0, 0.05) is 5.56 Å². The number of hydrogen-bond acceptors (Lipinski definition) is 14. The number of aliphatic hydroxyl groups excluding tert-OH is 8. The first kappa shape index (κ1) is 31.8. The topological polar surface area (TPSA) is 225 Å². The lowest BCUT2D eigenvalue weighted by atomic mass is 9.99. The van der Waals surface area contributed by atoms with E-state index in [9.17, 15) is 45.6 Å². The zero-order chi connectivity index (χ0) is 30.6. The molecule has 14 nitrogen and oxygen atoms in total. The summed E-state index contributed by atoms with van der Waals surface area (Å²) in [5.74, 6) is 0.0927. The van der Waals surface area contributed by atoms with Crippen LogP contribution in [0.3, 0.4) is 0 Å². The van der Waals surface area contributed by atoms with E-state index in [1.54, 1.807) is 30.3 Å². The lowest BCUT2D eigenvalue weighted by Gasteiger charge is -2.39. The number of benzene rings is 2. The van der Waals surface area contributed by atoms with Gasteiger partial charge in [0.25, 0.3) is 0 Å². The molecule has 0 saturated carbocycles. The third kappa shape index (κ3) is 6.90. The molecule has 2 aromatic carbocycles. The molecule has 14 heteroatoms. The Labute approximate surface area is 240 Å². The van der Waals surface area contributed by atoms with Crippen LogP contribution in [0.15, 0.2) is 48.5 Å². The lowest BCUT2D eigenvalue weighted by molar-refractivity contribution is -0.277. The molecule has 0 amide bonds. The summed E-state index contributed by atoms with van der Waals surface area (Å²) >= 11 is 0. The van der Waals surface area contributed by atoms with Crippen molar-refractivity contribution in [2.45, 2.75) is 61.4 Å². The van der Waals surface area contributed by atoms with Crippen LogP contribution in [0.2, 0.25) is 0 Å². The summed E-state index contributed by atoms with van der Waals surface area (Å²) in [5, 5.41) is 78.7. The molecule has 0 bridgehead atoms. The SMILES string of the molecule is COc1cc(C(=O)/C=C/c2ccc(O[C@H]3O[C@@H](CO)[C@H](O)[C@@H](O)[C@@H]3O)cc2)ccc1O[C@@H]1O[C@H](CO)[C@@H](O)[C@H](O)[C@H]1O. The average molecular weight is 595 g/mol. The first-order valence-electron chi connectivity index (χ1n) is 13.0. The molecule has 0 unspecified atom stereocenters. The zero-order valence-corrected chi connectivity index (χ0v) is 22.4. The molecule has 4 rings (SSSR count). The predicted octanol–water partition coefficient (Wildman–Crippen LogP) is -2.05. The van der Waals surface area contributed by atoms with Crippen LogP contribution >= 0.6 is 0 Å². The summed E-state index contributed by atoms with van der Waals surface area (Å²) in [7, 11) is 1.34. The van der Waals surface area contributed by atoms with Crippen molar-refractivity contribution >= 4 is 11.9 Å². The number of carbonyl (C=O) groups is 1. The fraction of sp³-hybridized carbons (Fsp3) is 0.464. The van der Waals surface area contributed by atoms with Crippen LogP contribution in [0.5, 0.6) is 17.2 Å². The second-order valence-corrected chi connectivity index (χ2v) is 9.76. The summed E-state index contributed by atoms with van der Waals surface area (Å²) in [5.41, 5.74) is 0.867. The molecule has 10 atom stereocenters. The molecular formula is C28H34O14. The van der Waals surface area contributed by atoms with Gasteiger partial charge in [-0.1, -0.05) is 18.2 Å². The first-order valence-corrected chi connectivity index (χ1v) is 13.0. The maximum Gasteiger partial charge on any atom is 0.229 e. The summed E-state index contributed by atoms with van der Waals surface area (Å²) < 4.78 is 27.1. The minimum absolute atomic E-state index is 0.0809. The second-order valence-electron chi connectivity index (χ2n) is 9.76. The van der Waals surface area contributed by atoms with E-state index in [1.807, 2.05) is 0 Å². The van der Waals surface area contributed by atoms with Crippen LogP contribution in [0, 0.1) is 0 Å². The lowest BCUT2D eigenvalue weighted by Crippen LogP contribution is -2.60. The van der Waals surface area contributed by atoms with Crippen LogP contribution in [0.1, 0.15) is 15.9 Å². The number of ketones is 1. The molecule has 8 N–H and O–H groups in total. The number of hydrogen-bond donors (Lipinski definition) is 8. The minimum atomic E-state index is -1.62. The molecule has 0 aliphatic carbocycles. The van der Waals surface area contributed by atoms with Gasteiger partial charge in [0.15, 0.2) is 17.3 Å². The molecule has 0 aromatic heterocycles. The average Bonchev–Trinajstić information content (AvgIpc) is 3.01. The number of allylic oxidation sites excluding steroid dienone is 1. The van der Waals surface area contributed by atoms with Crippen molar-refractivity contribution in [3.63, 3.8) is 0 Å². The molecule has 230 valence electrons. The molecule has 2 fully saturated rings. The van der Waals surface area contributed by atoms with Gasteiger partial charge in [-0.15, -0.1) is 0 Å². The van der Waals surface area contributed by atoms with Crippen LogP contribution in [-0.2, 0) is 9.47 Å². The van der Waals surface area contributed by atoms with Gasteiger partial charge in [-0.25, -0.2) is 0 Å². The molecule has 2 aliphatic rings. The molecule has 2 heterocycles. The highest BCUT2D eigenvalue weighted by atomic mass is 16.7. The molecule has 2 aromatic rings. The maximum absolute atomic E-state index is 12.8. The van der Waals surface area contributed by atoms with Crippen molar-refractivity contribution < 1.29 is 69.3 Å². The third-order valence-corrected chi connectivity index (χ3v) is 6.95. The highest BCUT2D eigenvalue weighted by molar-refractivity contribution is 6.07. The Bertz CT molecular complexity index is 1220. The first-order chi connectivity index (χ1) is 20.1. The summed E-state index contributed by atoms with van der Waals surface area (Å²) in [4.78, 5) is 12.8. The van der Waals surface area contributed by atoms with Gasteiger partial charge in [0.2, 0.25) is 12.6 Å². The van der Waals surface area contributed by atoms with Crippen molar-refractivity contribution in [2.75, 3.05) is 20.3 Å². The van der Waals surface area contributed by atoms with Gasteiger partial charge in [-0.3, -0.25) is 4.79 Å². The van der Waals surface area contributed by atoms with E-state index < -0.39 is 74.6 Å². The highest BCUT2D eigenvalue weighted by Gasteiger charge is 2.46. The van der Waals surface area contributed by atoms with Crippen LogP contribution in [0.4, 0.5) is 0 Å². The van der Waals surface area contributed by atoms with Crippen molar-refractivity contribution in [3.05, 3.63) is 59.7 Å². The Kier molecular flexibility index (Phi) is 10.5. The Balaban J connectivity index is 1.39. The predicted molar refractivity (Wildman–Crippen MR) is 142 cm³/mol. The molecule has 2 aliphatic heterocycles. The zero-order valence-electron chi connectivity index (χ0n) is 22.4. The van der Waals surface area contributed by atoms with Gasteiger partial charge in [-0.05, 0) is 42.0 Å². The molecule has 42 heavy (non-hydrogen) atoms. The fourth-order valence-corrected chi connectivity index (χ4v) is 4.43. The molecule has 0 spiro atoms. The fourth-order valence-electron chi connectivity index (χ4n) is 4.43. The summed E-state index contributed by atoms with van der Waals surface area (Å²) in [6.45, 7) is -1.20. The van der Waals surface area contributed by atoms with Crippen LogP contribution in [0.25, 0.3) is 6.08 Å². The van der Waals surface area contributed by atoms with Gasteiger partial charge in [-0.2, -0.15) is 0 Å². The number of rotatable bonds is 10. The van der Waals surface area contributed by atoms with E-state index in [0.717, 1.165) is 0 Å². The highest BCUT2D eigenvalue weighted by Crippen LogP contribution is 2.32. The molecular weight excluding hydrogens is 560 g/mol. The van der Waals surface area contributed by atoms with Crippen molar-refractivity contribution in [1.82, 2.24) is 0 Å². The van der Waals surface area contributed by atoms with Gasteiger partial charge >= 0.3 is 0 Å². The van der Waals surface area contributed by atoms with E-state index in [1.165, 1.54) is 31.4 Å². The van der Waals surface area contributed by atoms with E-state index in [4.69, 9.17) is 23.7 Å². The van der Waals surface area contributed by atoms with Gasteiger partial charge in [0.05, 0.1) is 20.3 Å². The van der Waals surface area contributed by atoms with E-state index in [-0.39, 0.29) is 28.6 Å². The standard InChI is InChI=1S/C28H34O14/c1-38-18-10-14(5-9-17(18)40-28-26(37)24(35)22(33)20(12-30)42-28)16(31)8-4-13-2-6-15(7-3-13)39-27-25(36)23(34)21(32)19(11-29)41-27/h2-10,19-30,32-37H,11-12H2,1H3/b8-4+/t19-,20+,21-,22+,23+,24-,25-,26+,27-,28+/m0/s1. The number of carbonyl (C=O) groups excluding carboxylic acids is 1. The van der Waals surface area contributed by atoms with Gasteiger partial charge < -0.3 is 64.5 Å². The van der Waals surface area contributed by atoms with E-state index in [2.05, 4.69) is 0 Å². The quantitative estimate of drug-likeness (QED) is 0.110. The smallest absolute Gasteiger partial charge is 0.229 e. The van der Waals surface area contributed by atoms with E-state index >= 15 is 0 Å². The maximum atomic E-state index is 12.8. The number of aliphatic hydroxyl groups is 8. The second kappa shape index (κ2) is 13.9. The van der Waals surface area contributed by atoms with Crippen molar-refractivity contribution in [3.8, 4) is 17.2 Å². The Hall–Kier alpha value is -3.15. The number of methoxy groups -OCH3 is 1. The molecule has 2 saturated heterocycles. The van der Waals surface area contributed by atoms with Crippen LogP contribution in [-0.4, -0.2) is 128 Å². The Morgan fingerprint density at radius 1 is 0.738 bits per heavy atom. The van der Waals surface area contributed by atoms with Crippen molar-refractivity contribution in [2.24, 2.45) is 0 Å². The van der Waals surface area contributed by atoms with Crippen molar-refractivity contribution in [1.29, 1.82) is 0 Å². The minimum Gasteiger partial charge on any atom is -0.493 e. The third-order valence-electron chi connectivity index (χ3n) is 6.95. The summed E-state index contributed by atoms with van der Waals surface area (Å²) in [6, 6.07) is 10.6. The summed E-state index contributed by atoms with van der Waals surface area (Å²) in [6.07, 6.45) is -11.5.